The Morgan fingerprint density at radius 2 is 2.25 bits per heavy atom. The Morgan fingerprint density at radius 3 is 2.69 bits per heavy atom. The quantitative estimate of drug-likeness (QED) is 0.218. The topological polar surface area (TPSA) is 123 Å². The summed E-state index contributed by atoms with van der Waals surface area (Å²) in [6, 6.07) is 0.710. The standard InChI is InChI=1S/C9H13N5O2/c10-5-1-2-7(13-11)8(15)9(16)14(12)6-3-4-6/h6-7,11H,1-4,12H2/t7-/m0/s1. The Balaban J connectivity index is 2.56. The predicted molar refractivity (Wildman–Crippen MR) is 52.8 cm³/mol. The molecule has 86 valence electrons. The van der Waals surface area contributed by atoms with Crippen molar-refractivity contribution in [1.29, 1.82) is 10.8 Å². The third-order valence-electron chi connectivity index (χ3n) is 2.37. The van der Waals surface area contributed by atoms with Gasteiger partial charge in [0, 0.05) is 12.5 Å². The Bertz CT molecular complexity index is 344. The summed E-state index contributed by atoms with van der Waals surface area (Å²) in [6.45, 7) is 0. The van der Waals surface area contributed by atoms with Crippen LogP contribution in [0.15, 0.2) is 5.11 Å². The van der Waals surface area contributed by atoms with Gasteiger partial charge in [0.05, 0.1) is 6.07 Å². The molecule has 1 aliphatic carbocycles. The summed E-state index contributed by atoms with van der Waals surface area (Å²) < 4.78 is 0. The molecule has 0 aromatic rings. The predicted octanol–water partition coefficient (Wildman–Crippen LogP) is 0.124. The Morgan fingerprint density at radius 1 is 1.62 bits per heavy atom. The highest BCUT2D eigenvalue weighted by atomic mass is 16.2. The number of carbonyl (C=O) groups excluding carboxylic acids is 2. The molecule has 1 fully saturated rings. The van der Waals surface area contributed by atoms with E-state index in [0.717, 1.165) is 17.9 Å². The minimum absolute atomic E-state index is 0.0567. The van der Waals surface area contributed by atoms with Gasteiger partial charge in [0.15, 0.2) is 0 Å². The summed E-state index contributed by atoms with van der Waals surface area (Å²) in [4.78, 5) is 23.1. The first kappa shape index (κ1) is 12.3. The summed E-state index contributed by atoms with van der Waals surface area (Å²) in [6.07, 6.45) is 1.77. The largest absolute Gasteiger partial charge is 0.306 e. The summed E-state index contributed by atoms with van der Waals surface area (Å²) in [7, 11) is 0. The third kappa shape index (κ3) is 2.84. The number of nitrogens with zero attached hydrogens (tertiary/aromatic N) is 3. The second-order valence-corrected chi connectivity index (χ2v) is 3.65. The van der Waals surface area contributed by atoms with Crippen molar-refractivity contribution in [1.82, 2.24) is 5.01 Å². The number of nitrogens with one attached hydrogen (secondary N) is 1. The van der Waals surface area contributed by atoms with E-state index >= 15 is 0 Å². The van der Waals surface area contributed by atoms with Crippen LogP contribution in [0.2, 0.25) is 0 Å². The van der Waals surface area contributed by atoms with Crippen LogP contribution < -0.4 is 5.84 Å². The van der Waals surface area contributed by atoms with E-state index in [-0.39, 0.29) is 18.9 Å². The lowest BCUT2D eigenvalue weighted by Gasteiger charge is -2.16. The van der Waals surface area contributed by atoms with Crippen LogP contribution in [0.25, 0.3) is 0 Å². The van der Waals surface area contributed by atoms with Gasteiger partial charge in [0.1, 0.15) is 6.04 Å². The molecule has 0 bridgehead atoms. The van der Waals surface area contributed by atoms with E-state index in [4.69, 9.17) is 16.6 Å². The van der Waals surface area contributed by atoms with E-state index in [1.54, 1.807) is 0 Å². The zero-order valence-corrected chi connectivity index (χ0v) is 8.72. The van der Waals surface area contributed by atoms with Crippen molar-refractivity contribution >= 4 is 11.7 Å². The smallest absolute Gasteiger partial charge is 0.286 e. The van der Waals surface area contributed by atoms with E-state index < -0.39 is 17.7 Å². The number of amides is 1. The minimum Gasteiger partial charge on any atom is -0.286 e. The molecular formula is C9H13N5O2. The molecule has 1 saturated carbocycles. The number of nitriles is 1. The normalized spacial score (nSPS) is 16.0. The molecule has 0 saturated heterocycles. The number of ketones is 1. The maximum Gasteiger partial charge on any atom is 0.306 e. The fraction of sp³-hybridized carbons (Fsp3) is 0.667. The van der Waals surface area contributed by atoms with Gasteiger partial charge in [-0.1, -0.05) is 0 Å². The minimum atomic E-state index is -1.07. The van der Waals surface area contributed by atoms with Crippen LogP contribution in [0.5, 0.6) is 0 Å². The molecule has 0 aromatic heterocycles. The van der Waals surface area contributed by atoms with Crippen molar-refractivity contribution in [3.05, 3.63) is 0 Å². The van der Waals surface area contributed by atoms with Gasteiger partial charge in [-0.2, -0.15) is 10.4 Å². The lowest BCUT2D eigenvalue weighted by Crippen LogP contribution is -2.46. The number of rotatable bonds is 6. The molecule has 0 aliphatic heterocycles. The number of hydrazine groups is 1. The maximum atomic E-state index is 11.6. The van der Waals surface area contributed by atoms with Crippen LogP contribution in [0.1, 0.15) is 25.7 Å². The van der Waals surface area contributed by atoms with Crippen molar-refractivity contribution in [2.45, 2.75) is 37.8 Å². The Kier molecular flexibility index (Phi) is 4.08. The van der Waals surface area contributed by atoms with Crippen molar-refractivity contribution in [3.63, 3.8) is 0 Å². The SMILES string of the molecule is N#CCC[C@H](N=N)C(=O)C(=O)N(N)C1CC1. The number of hydrogen-bond donors (Lipinski definition) is 2. The molecule has 16 heavy (non-hydrogen) atoms. The molecule has 1 aliphatic rings. The van der Waals surface area contributed by atoms with Gasteiger partial charge < -0.3 is 0 Å². The second kappa shape index (κ2) is 5.32. The van der Waals surface area contributed by atoms with Gasteiger partial charge in [0.25, 0.3) is 0 Å². The molecule has 7 nitrogen and oxygen atoms in total. The zero-order valence-electron chi connectivity index (χ0n) is 8.72. The number of nitrogens with two attached hydrogens (primary N) is 1. The second-order valence-electron chi connectivity index (χ2n) is 3.65. The molecule has 0 aromatic carbocycles. The highest BCUT2D eigenvalue weighted by Crippen LogP contribution is 2.24. The van der Waals surface area contributed by atoms with Crippen LogP contribution in [-0.2, 0) is 9.59 Å². The van der Waals surface area contributed by atoms with Crippen molar-refractivity contribution in [2.24, 2.45) is 11.0 Å². The van der Waals surface area contributed by atoms with Gasteiger partial charge in [0.2, 0.25) is 5.78 Å². The molecule has 0 unspecified atom stereocenters. The van der Waals surface area contributed by atoms with E-state index in [0.29, 0.717) is 0 Å². The lowest BCUT2D eigenvalue weighted by molar-refractivity contribution is -0.146. The summed E-state index contributed by atoms with van der Waals surface area (Å²) in [5.41, 5.74) is 6.81. The Labute approximate surface area is 92.7 Å². The monoisotopic (exact) mass is 223 g/mol. The zero-order chi connectivity index (χ0) is 12.1. The van der Waals surface area contributed by atoms with E-state index in [9.17, 15) is 9.59 Å². The maximum absolute atomic E-state index is 11.6. The number of Topliss-reactive ketones (excluding diaryl/α,β-unsaturated/α-hetero) is 1. The summed E-state index contributed by atoms with van der Waals surface area (Å²) in [5.74, 6) is 3.82. The molecule has 1 atom stereocenters. The third-order valence-corrected chi connectivity index (χ3v) is 2.37. The molecule has 0 radical (unpaired) electrons. The average Bonchev–Trinajstić information content (AvgIpc) is 3.11. The fourth-order valence-corrected chi connectivity index (χ4v) is 1.24. The molecule has 0 heterocycles. The molecule has 1 rings (SSSR count). The lowest BCUT2D eigenvalue weighted by atomic mass is 10.1. The van der Waals surface area contributed by atoms with Crippen LogP contribution in [-0.4, -0.2) is 28.8 Å². The van der Waals surface area contributed by atoms with E-state index in [1.165, 1.54) is 0 Å². The van der Waals surface area contributed by atoms with E-state index in [1.807, 2.05) is 6.07 Å². The molecular weight excluding hydrogens is 210 g/mol. The van der Waals surface area contributed by atoms with Crippen LogP contribution in [0.4, 0.5) is 0 Å². The van der Waals surface area contributed by atoms with Gasteiger partial charge in [-0.15, -0.1) is 0 Å². The first-order valence-corrected chi connectivity index (χ1v) is 4.97. The van der Waals surface area contributed by atoms with Crippen molar-refractivity contribution in [3.8, 4) is 6.07 Å². The first-order valence-electron chi connectivity index (χ1n) is 4.97. The highest BCUT2D eigenvalue weighted by molar-refractivity contribution is 6.38. The summed E-state index contributed by atoms with van der Waals surface area (Å²) >= 11 is 0. The van der Waals surface area contributed by atoms with Crippen molar-refractivity contribution in [2.75, 3.05) is 0 Å². The fourth-order valence-electron chi connectivity index (χ4n) is 1.24. The number of hydrogen-bond acceptors (Lipinski definition) is 6. The molecule has 1 amide bonds. The molecule has 0 spiro atoms. The van der Waals surface area contributed by atoms with Crippen LogP contribution >= 0.6 is 0 Å². The van der Waals surface area contributed by atoms with Crippen molar-refractivity contribution < 1.29 is 9.59 Å². The average molecular weight is 223 g/mol. The van der Waals surface area contributed by atoms with Crippen LogP contribution in [0.3, 0.4) is 0 Å². The Hall–Kier alpha value is -1.81. The summed E-state index contributed by atoms with van der Waals surface area (Å²) in [5, 5.41) is 12.3. The van der Waals surface area contributed by atoms with Crippen LogP contribution in [0, 0.1) is 16.9 Å². The van der Waals surface area contributed by atoms with Gasteiger partial charge in [-0.25, -0.2) is 11.4 Å². The first-order chi connectivity index (χ1) is 7.61. The van der Waals surface area contributed by atoms with Gasteiger partial charge in [-0.05, 0) is 19.3 Å². The molecule has 3 N–H and O–H groups in total. The number of carbonyl (C=O) groups is 2. The van der Waals surface area contributed by atoms with Gasteiger partial charge in [-0.3, -0.25) is 14.6 Å². The van der Waals surface area contributed by atoms with E-state index in [2.05, 4.69) is 5.11 Å². The van der Waals surface area contributed by atoms with Gasteiger partial charge >= 0.3 is 5.91 Å². The molecule has 7 heteroatoms. The highest BCUT2D eigenvalue weighted by Gasteiger charge is 2.36.